The van der Waals surface area contributed by atoms with E-state index in [1.54, 1.807) is 0 Å². The van der Waals surface area contributed by atoms with Gasteiger partial charge in [0.1, 0.15) is 5.82 Å². The molecule has 0 amide bonds. The molecule has 0 aromatic carbocycles. The van der Waals surface area contributed by atoms with E-state index in [0.29, 0.717) is 12.5 Å². The lowest BCUT2D eigenvalue weighted by atomic mass is 9.93. The highest BCUT2D eigenvalue weighted by Crippen LogP contribution is 2.24. The molecule has 0 aliphatic carbocycles. The molecule has 0 aliphatic heterocycles. The van der Waals surface area contributed by atoms with Crippen molar-refractivity contribution in [3.05, 3.63) is 22.8 Å². The maximum absolute atomic E-state index is 5.71. The van der Waals surface area contributed by atoms with Crippen molar-refractivity contribution >= 4 is 0 Å². The third-order valence-electron chi connectivity index (χ3n) is 2.84. The van der Waals surface area contributed by atoms with Crippen molar-refractivity contribution in [3.8, 4) is 0 Å². The molecule has 0 fully saturated rings. The van der Waals surface area contributed by atoms with Gasteiger partial charge in [0, 0.05) is 16.8 Å². The SMILES string of the molecule is Cc1nc(C(C)(C)C)nc(C)c1C(C)CN. The van der Waals surface area contributed by atoms with Crippen molar-refractivity contribution in [2.45, 2.75) is 52.9 Å². The van der Waals surface area contributed by atoms with Crippen LogP contribution in [0.2, 0.25) is 0 Å². The molecule has 1 heterocycles. The predicted octanol–water partition coefficient (Wildman–Crippen LogP) is 2.45. The minimum atomic E-state index is 0.00000272. The van der Waals surface area contributed by atoms with Gasteiger partial charge in [-0.2, -0.15) is 0 Å². The first kappa shape index (κ1) is 13.1. The van der Waals surface area contributed by atoms with Crippen LogP contribution in [0.1, 0.15) is 56.4 Å². The minimum Gasteiger partial charge on any atom is -0.330 e. The Morgan fingerprint density at radius 1 is 1.12 bits per heavy atom. The van der Waals surface area contributed by atoms with Gasteiger partial charge in [-0.1, -0.05) is 27.7 Å². The van der Waals surface area contributed by atoms with Gasteiger partial charge in [-0.05, 0) is 31.9 Å². The molecule has 1 atom stereocenters. The molecule has 1 rings (SSSR count). The third-order valence-corrected chi connectivity index (χ3v) is 2.84. The molecule has 1 unspecified atom stereocenters. The molecule has 0 saturated heterocycles. The minimum absolute atomic E-state index is 0.00000272. The topological polar surface area (TPSA) is 51.8 Å². The summed E-state index contributed by atoms with van der Waals surface area (Å²) in [5, 5.41) is 0. The Balaban J connectivity index is 3.28. The fourth-order valence-electron chi connectivity index (χ4n) is 1.89. The van der Waals surface area contributed by atoms with Crippen LogP contribution in [0.25, 0.3) is 0 Å². The average molecular weight is 221 g/mol. The van der Waals surface area contributed by atoms with E-state index in [9.17, 15) is 0 Å². The van der Waals surface area contributed by atoms with Crippen LogP contribution in [-0.4, -0.2) is 16.5 Å². The van der Waals surface area contributed by atoms with Gasteiger partial charge in [-0.15, -0.1) is 0 Å². The molecule has 2 N–H and O–H groups in total. The highest BCUT2D eigenvalue weighted by molar-refractivity contribution is 5.29. The summed E-state index contributed by atoms with van der Waals surface area (Å²) < 4.78 is 0. The first-order valence-corrected chi connectivity index (χ1v) is 5.83. The number of rotatable bonds is 2. The van der Waals surface area contributed by atoms with Crippen LogP contribution in [-0.2, 0) is 5.41 Å². The molecule has 3 nitrogen and oxygen atoms in total. The summed E-state index contributed by atoms with van der Waals surface area (Å²) >= 11 is 0. The number of nitrogens with zero attached hydrogens (tertiary/aromatic N) is 2. The number of aryl methyl sites for hydroxylation is 2. The van der Waals surface area contributed by atoms with E-state index in [4.69, 9.17) is 5.73 Å². The van der Waals surface area contributed by atoms with E-state index < -0.39 is 0 Å². The monoisotopic (exact) mass is 221 g/mol. The van der Waals surface area contributed by atoms with Crippen LogP contribution in [0, 0.1) is 13.8 Å². The normalized spacial score (nSPS) is 13.9. The van der Waals surface area contributed by atoms with Crippen molar-refractivity contribution in [2.24, 2.45) is 5.73 Å². The number of hydrogen-bond donors (Lipinski definition) is 1. The Morgan fingerprint density at radius 2 is 1.56 bits per heavy atom. The zero-order valence-electron chi connectivity index (χ0n) is 11.3. The highest BCUT2D eigenvalue weighted by Gasteiger charge is 2.21. The Morgan fingerprint density at radius 3 is 1.88 bits per heavy atom. The second kappa shape index (κ2) is 4.50. The van der Waals surface area contributed by atoms with E-state index in [0.717, 1.165) is 17.2 Å². The summed E-state index contributed by atoms with van der Waals surface area (Å²) in [5.41, 5.74) is 9.04. The Bertz CT molecular complexity index is 354. The van der Waals surface area contributed by atoms with Gasteiger partial charge in [0.05, 0.1) is 0 Å². The summed E-state index contributed by atoms with van der Waals surface area (Å²) in [6.07, 6.45) is 0. The van der Waals surface area contributed by atoms with Crippen LogP contribution in [0.5, 0.6) is 0 Å². The van der Waals surface area contributed by atoms with Crippen LogP contribution in [0.15, 0.2) is 0 Å². The van der Waals surface area contributed by atoms with Gasteiger partial charge in [0.15, 0.2) is 0 Å². The summed E-state index contributed by atoms with van der Waals surface area (Å²) in [5.74, 6) is 1.24. The number of hydrogen-bond acceptors (Lipinski definition) is 3. The lowest BCUT2D eigenvalue weighted by Crippen LogP contribution is -2.20. The second-order valence-electron chi connectivity index (χ2n) is 5.52. The smallest absolute Gasteiger partial charge is 0.134 e. The third kappa shape index (κ3) is 2.59. The molecule has 1 aromatic rings. The molecule has 0 aliphatic rings. The predicted molar refractivity (Wildman–Crippen MR) is 67.7 cm³/mol. The van der Waals surface area contributed by atoms with E-state index in [-0.39, 0.29) is 5.41 Å². The van der Waals surface area contributed by atoms with Gasteiger partial charge in [0.2, 0.25) is 0 Å². The van der Waals surface area contributed by atoms with Gasteiger partial charge in [-0.25, -0.2) is 9.97 Å². The second-order valence-corrected chi connectivity index (χ2v) is 5.52. The van der Waals surface area contributed by atoms with Crippen LogP contribution >= 0.6 is 0 Å². The van der Waals surface area contributed by atoms with Crippen LogP contribution < -0.4 is 5.73 Å². The quantitative estimate of drug-likeness (QED) is 0.834. The summed E-state index contributed by atoms with van der Waals surface area (Å²) in [6.45, 7) is 13.2. The number of nitrogens with two attached hydrogens (primary N) is 1. The zero-order chi connectivity index (χ0) is 12.5. The van der Waals surface area contributed by atoms with Crippen LogP contribution in [0.3, 0.4) is 0 Å². The Kier molecular flexibility index (Phi) is 3.68. The maximum Gasteiger partial charge on any atom is 0.134 e. The van der Waals surface area contributed by atoms with Crippen molar-refractivity contribution < 1.29 is 0 Å². The summed E-state index contributed by atoms with van der Waals surface area (Å²) in [7, 11) is 0. The molecule has 0 spiro atoms. The van der Waals surface area contributed by atoms with Crippen LogP contribution in [0.4, 0.5) is 0 Å². The first-order chi connectivity index (χ1) is 7.27. The molecule has 3 heteroatoms. The zero-order valence-corrected chi connectivity index (χ0v) is 11.3. The van der Waals surface area contributed by atoms with Crippen molar-refractivity contribution in [1.29, 1.82) is 0 Å². The molecule has 0 bridgehead atoms. The molecule has 1 aromatic heterocycles. The highest BCUT2D eigenvalue weighted by atomic mass is 14.9. The van der Waals surface area contributed by atoms with Gasteiger partial charge < -0.3 is 5.73 Å². The van der Waals surface area contributed by atoms with E-state index in [2.05, 4.69) is 37.7 Å². The molecule has 90 valence electrons. The van der Waals surface area contributed by atoms with E-state index >= 15 is 0 Å². The largest absolute Gasteiger partial charge is 0.330 e. The average Bonchev–Trinajstić information content (AvgIpc) is 2.14. The molecule has 16 heavy (non-hydrogen) atoms. The summed E-state index contributed by atoms with van der Waals surface area (Å²) in [6, 6.07) is 0. The van der Waals surface area contributed by atoms with Gasteiger partial charge in [0.25, 0.3) is 0 Å². The fourth-order valence-corrected chi connectivity index (χ4v) is 1.89. The Hall–Kier alpha value is -0.960. The maximum atomic E-state index is 5.71. The molecule has 0 saturated carbocycles. The lowest BCUT2D eigenvalue weighted by molar-refractivity contribution is 0.536. The van der Waals surface area contributed by atoms with Crippen molar-refractivity contribution in [3.63, 3.8) is 0 Å². The first-order valence-electron chi connectivity index (χ1n) is 5.83. The van der Waals surface area contributed by atoms with Gasteiger partial charge in [-0.3, -0.25) is 0 Å². The van der Waals surface area contributed by atoms with Crippen molar-refractivity contribution in [2.75, 3.05) is 6.54 Å². The van der Waals surface area contributed by atoms with E-state index in [1.807, 2.05) is 13.8 Å². The van der Waals surface area contributed by atoms with E-state index in [1.165, 1.54) is 5.56 Å². The molecular weight excluding hydrogens is 198 g/mol. The summed E-state index contributed by atoms with van der Waals surface area (Å²) in [4.78, 5) is 9.22. The van der Waals surface area contributed by atoms with Crippen molar-refractivity contribution in [1.82, 2.24) is 9.97 Å². The lowest BCUT2D eigenvalue weighted by Gasteiger charge is -2.21. The Labute approximate surface area is 98.5 Å². The van der Waals surface area contributed by atoms with Gasteiger partial charge >= 0.3 is 0 Å². The molecule has 0 radical (unpaired) electrons. The fraction of sp³-hybridized carbons (Fsp3) is 0.692. The molecular formula is C13H23N3. The standard InChI is InChI=1S/C13H23N3/c1-8(7-14)11-9(2)15-12(13(4,5)6)16-10(11)3/h8H,7,14H2,1-6H3. The number of aromatic nitrogens is 2.